The zero-order valence-electron chi connectivity index (χ0n) is 18.6. The average molecular weight is 452 g/mol. The minimum atomic E-state index is -0.248. The van der Waals surface area contributed by atoms with E-state index in [9.17, 15) is 4.79 Å². The molecule has 0 radical (unpaired) electrons. The minimum absolute atomic E-state index is 0.0975. The third-order valence-electron chi connectivity index (χ3n) is 6.49. The third kappa shape index (κ3) is 4.22. The van der Waals surface area contributed by atoms with E-state index in [4.69, 9.17) is 4.74 Å². The number of pyridine rings is 1. The number of amides is 1. The van der Waals surface area contributed by atoms with Crippen molar-refractivity contribution in [3.8, 4) is 0 Å². The Morgan fingerprint density at radius 2 is 2.12 bits per heavy atom. The quantitative estimate of drug-likeness (QED) is 0.640. The Balaban J connectivity index is 1.19. The number of fused-ring (bicyclic) bond motifs is 2. The Kier molecular flexibility index (Phi) is 5.84. The Hall–Kier alpha value is -2.55. The van der Waals surface area contributed by atoms with E-state index in [1.54, 1.807) is 29.2 Å². The van der Waals surface area contributed by atoms with E-state index in [0.717, 1.165) is 57.5 Å². The van der Waals surface area contributed by atoms with Gasteiger partial charge in [0.15, 0.2) is 5.82 Å². The maximum atomic E-state index is 12.4. The molecule has 5 rings (SSSR count). The summed E-state index contributed by atoms with van der Waals surface area (Å²) in [7, 11) is 1.81. The molecule has 2 aliphatic heterocycles. The first-order valence-electron chi connectivity index (χ1n) is 11.3. The second-order valence-corrected chi connectivity index (χ2v) is 9.87. The summed E-state index contributed by atoms with van der Waals surface area (Å²) in [5.74, 6) is 0.276. The number of hydrogen-bond donors (Lipinski definition) is 1. The van der Waals surface area contributed by atoms with Gasteiger partial charge in [0.05, 0.1) is 12.2 Å². The topological polar surface area (TPSA) is 72.3 Å². The van der Waals surface area contributed by atoms with Crippen LogP contribution in [0.1, 0.15) is 51.1 Å². The SMILES string of the molecule is CCc1cc2c(s1)CCOC21CCN(Cc2ccc(C(=O)Nc3ccn(C)n3)nc2)CC1. The molecule has 8 heteroatoms. The number of carbonyl (C=O) groups excluding carboxylic acids is 1. The molecule has 3 aromatic heterocycles. The number of rotatable bonds is 5. The molecule has 0 unspecified atom stereocenters. The van der Waals surface area contributed by atoms with E-state index >= 15 is 0 Å². The van der Waals surface area contributed by atoms with Gasteiger partial charge in [0.2, 0.25) is 0 Å². The summed E-state index contributed by atoms with van der Waals surface area (Å²) in [6.07, 6.45) is 7.80. The van der Waals surface area contributed by atoms with E-state index < -0.39 is 0 Å². The first kappa shape index (κ1) is 21.3. The van der Waals surface area contributed by atoms with Crippen LogP contribution in [0.15, 0.2) is 36.7 Å². The van der Waals surface area contributed by atoms with Crippen LogP contribution in [0.4, 0.5) is 5.82 Å². The smallest absolute Gasteiger partial charge is 0.275 e. The number of nitrogens with one attached hydrogen (secondary N) is 1. The number of hydrogen-bond acceptors (Lipinski definition) is 6. The predicted octanol–water partition coefficient (Wildman–Crippen LogP) is 3.76. The third-order valence-corrected chi connectivity index (χ3v) is 7.83. The van der Waals surface area contributed by atoms with Crippen molar-refractivity contribution in [3.05, 3.63) is 63.2 Å². The van der Waals surface area contributed by atoms with Gasteiger partial charge < -0.3 is 10.1 Å². The molecule has 1 saturated heterocycles. The number of aryl methyl sites for hydroxylation is 2. The lowest BCUT2D eigenvalue weighted by Gasteiger charge is -2.44. The number of ether oxygens (including phenoxy) is 1. The van der Waals surface area contributed by atoms with Gasteiger partial charge in [0.1, 0.15) is 5.69 Å². The largest absolute Gasteiger partial charge is 0.370 e. The van der Waals surface area contributed by atoms with Gasteiger partial charge in [-0.15, -0.1) is 11.3 Å². The lowest BCUT2D eigenvalue weighted by atomic mass is 9.82. The molecule has 7 nitrogen and oxygen atoms in total. The second kappa shape index (κ2) is 8.77. The van der Waals surface area contributed by atoms with Crippen molar-refractivity contribution in [1.82, 2.24) is 19.7 Å². The number of piperidine rings is 1. The Labute approximate surface area is 192 Å². The van der Waals surface area contributed by atoms with Crippen molar-refractivity contribution >= 4 is 23.1 Å². The monoisotopic (exact) mass is 451 g/mol. The minimum Gasteiger partial charge on any atom is -0.370 e. The summed E-state index contributed by atoms with van der Waals surface area (Å²) in [5, 5.41) is 6.94. The molecule has 5 heterocycles. The normalized spacial score (nSPS) is 17.9. The van der Waals surface area contributed by atoms with Crippen molar-refractivity contribution in [2.24, 2.45) is 7.05 Å². The van der Waals surface area contributed by atoms with E-state index in [-0.39, 0.29) is 11.5 Å². The molecule has 168 valence electrons. The number of likely N-dealkylation sites (tertiary alicyclic amines) is 1. The summed E-state index contributed by atoms with van der Waals surface area (Å²) in [6.45, 7) is 5.90. The molecule has 0 bridgehead atoms. The summed E-state index contributed by atoms with van der Waals surface area (Å²) in [4.78, 5) is 22.2. The maximum absolute atomic E-state index is 12.4. The van der Waals surface area contributed by atoms with Crippen molar-refractivity contribution in [2.75, 3.05) is 25.0 Å². The molecule has 32 heavy (non-hydrogen) atoms. The molecule has 0 aromatic carbocycles. The highest BCUT2D eigenvalue weighted by molar-refractivity contribution is 7.12. The Morgan fingerprint density at radius 1 is 1.28 bits per heavy atom. The molecule has 0 aliphatic carbocycles. The molecular formula is C24H29N5O2S. The van der Waals surface area contributed by atoms with Gasteiger partial charge in [0.25, 0.3) is 5.91 Å². The van der Waals surface area contributed by atoms with Crippen LogP contribution in [-0.2, 0) is 36.8 Å². The second-order valence-electron chi connectivity index (χ2n) is 8.65. The molecule has 3 aromatic rings. The van der Waals surface area contributed by atoms with Crippen molar-refractivity contribution in [3.63, 3.8) is 0 Å². The van der Waals surface area contributed by atoms with E-state index in [1.165, 1.54) is 15.3 Å². The summed E-state index contributed by atoms with van der Waals surface area (Å²) in [5.41, 5.74) is 2.86. The standard InChI is InChI=1S/C24H29N5O2S/c1-3-18-14-19-21(32-18)7-13-31-24(19)8-11-29(12-9-24)16-17-4-5-20(25-15-17)23(30)26-22-6-10-28(2)27-22/h4-6,10,14-15H,3,7-9,11-13,16H2,1-2H3,(H,26,27,30). The Morgan fingerprint density at radius 3 is 2.81 bits per heavy atom. The predicted molar refractivity (Wildman–Crippen MR) is 125 cm³/mol. The molecule has 0 saturated carbocycles. The van der Waals surface area contributed by atoms with Crippen molar-refractivity contribution in [1.29, 1.82) is 0 Å². The fourth-order valence-corrected chi connectivity index (χ4v) is 5.88. The highest BCUT2D eigenvalue weighted by Gasteiger charge is 2.41. The van der Waals surface area contributed by atoms with Gasteiger partial charge in [-0.05, 0) is 42.5 Å². The zero-order valence-corrected chi connectivity index (χ0v) is 19.5. The molecule has 1 N–H and O–H groups in total. The molecule has 2 aliphatic rings. The number of anilines is 1. The van der Waals surface area contributed by atoms with E-state index in [0.29, 0.717) is 11.5 Å². The van der Waals surface area contributed by atoms with Gasteiger partial charge in [-0.2, -0.15) is 5.10 Å². The van der Waals surface area contributed by atoms with Crippen LogP contribution >= 0.6 is 11.3 Å². The van der Waals surface area contributed by atoms with E-state index in [2.05, 4.69) is 33.3 Å². The van der Waals surface area contributed by atoms with Crippen LogP contribution in [0.25, 0.3) is 0 Å². The van der Waals surface area contributed by atoms with E-state index in [1.807, 2.05) is 24.5 Å². The maximum Gasteiger partial charge on any atom is 0.275 e. The molecular weight excluding hydrogens is 422 g/mol. The highest BCUT2D eigenvalue weighted by Crippen LogP contribution is 2.44. The molecule has 1 amide bonds. The van der Waals surface area contributed by atoms with Gasteiger partial charge in [-0.25, -0.2) is 0 Å². The molecule has 1 spiro atoms. The van der Waals surface area contributed by atoms with Gasteiger partial charge in [-0.3, -0.25) is 19.4 Å². The molecule has 0 atom stereocenters. The fourth-order valence-electron chi connectivity index (χ4n) is 4.71. The van der Waals surface area contributed by atoms with Crippen molar-refractivity contribution in [2.45, 2.75) is 44.8 Å². The number of carbonyl (C=O) groups is 1. The van der Waals surface area contributed by atoms with Crippen LogP contribution in [0.3, 0.4) is 0 Å². The Bertz CT molecular complexity index is 1100. The van der Waals surface area contributed by atoms with Crippen LogP contribution in [0, 0.1) is 0 Å². The average Bonchev–Trinajstić information content (AvgIpc) is 3.42. The van der Waals surface area contributed by atoms with Crippen molar-refractivity contribution < 1.29 is 9.53 Å². The van der Waals surface area contributed by atoms with Gasteiger partial charge in [-0.1, -0.05) is 13.0 Å². The first-order chi connectivity index (χ1) is 15.5. The number of nitrogens with zero attached hydrogens (tertiary/aromatic N) is 4. The fraction of sp³-hybridized carbons (Fsp3) is 0.458. The lowest BCUT2D eigenvalue weighted by Crippen LogP contribution is -2.45. The first-order valence-corrected chi connectivity index (χ1v) is 12.1. The zero-order chi connectivity index (χ0) is 22.1. The summed E-state index contributed by atoms with van der Waals surface area (Å²) >= 11 is 1.97. The summed E-state index contributed by atoms with van der Waals surface area (Å²) in [6, 6.07) is 7.93. The van der Waals surface area contributed by atoms with Gasteiger partial charge in [0, 0.05) is 61.3 Å². The number of aromatic nitrogens is 3. The molecule has 1 fully saturated rings. The highest BCUT2D eigenvalue weighted by atomic mass is 32.1. The van der Waals surface area contributed by atoms with Crippen LogP contribution in [-0.4, -0.2) is 45.3 Å². The van der Waals surface area contributed by atoms with Crippen LogP contribution in [0.2, 0.25) is 0 Å². The van der Waals surface area contributed by atoms with Crippen LogP contribution < -0.4 is 5.32 Å². The van der Waals surface area contributed by atoms with Crippen LogP contribution in [0.5, 0.6) is 0 Å². The van der Waals surface area contributed by atoms with Gasteiger partial charge >= 0.3 is 0 Å². The summed E-state index contributed by atoms with van der Waals surface area (Å²) < 4.78 is 8.05. The number of thiophene rings is 1. The lowest BCUT2D eigenvalue weighted by molar-refractivity contribution is -0.0981.